The highest BCUT2D eigenvalue weighted by atomic mass is 16.5. The van der Waals surface area contributed by atoms with Gasteiger partial charge in [0.15, 0.2) is 0 Å². The maximum atomic E-state index is 10.7. The Labute approximate surface area is 126 Å². The van der Waals surface area contributed by atoms with Crippen LogP contribution < -0.4 is 0 Å². The summed E-state index contributed by atoms with van der Waals surface area (Å²) in [6.07, 6.45) is 0.602. The number of ether oxygens (including phenoxy) is 1. The van der Waals surface area contributed by atoms with Crippen LogP contribution in [0.25, 0.3) is 10.8 Å². The van der Waals surface area contributed by atoms with Gasteiger partial charge < -0.3 is 9.84 Å². The second-order valence-corrected chi connectivity index (χ2v) is 5.72. The quantitative estimate of drug-likeness (QED) is 0.937. The second kappa shape index (κ2) is 6.56. The molecule has 1 fully saturated rings. The zero-order valence-electron chi connectivity index (χ0n) is 12.5. The molecule has 0 saturated carbocycles. The third-order valence-electron chi connectivity index (χ3n) is 4.41. The van der Waals surface area contributed by atoms with Crippen molar-refractivity contribution < 1.29 is 9.84 Å². The molecule has 2 atom stereocenters. The molecule has 0 amide bonds. The van der Waals surface area contributed by atoms with E-state index < -0.39 is 6.10 Å². The normalized spacial score (nSPS) is 21.5. The van der Waals surface area contributed by atoms with Crippen molar-refractivity contribution in [1.82, 2.24) is 4.90 Å². The number of hydrogen-bond acceptors (Lipinski definition) is 3. The number of fused-ring (bicyclic) bond motifs is 1. The number of benzene rings is 2. The van der Waals surface area contributed by atoms with E-state index in [1.165, 1.54) is 5.39 Å². The first-order valence-electron chi connectivity index (χ1n) is 7.77. The number of nitrogens with zero attached hydrogens (tertiary/aromatic N) is 1. The lowest BCUT2D eigenvalue weighted by Crippen LogP contribution is -2.46. The van der Waals surface area contributed by atoms with Gasteiger partial charge in [0.1, 0.15) is 0 Å². The Morgan fingerprint density at radius 1 is 1.24 bits per heavy atom. The Morgan fingerprint density at radius 2 is 2.05 bits per heavy atom. The van der Waals surface area contributed by atoms with Gasteiger partial charge in [-0.15, -0.1) is 0 Å². The van der Waals surface area contributed by atoms with Gasteiger partial charge in [0.25, 0.3) is 0 Å². The second-order valence-electron chi connectivity index (χ2n) is 5.72. The molecule has 0 bridgehead atoms. The largest absolute Gasteiger partial charge is 0.387 e. The summed E-state index contributed by atoms with van der Waals surface area (Å²) in [4.78, 5) is 2.36. The first kappa shape index (κ1) is 14.5. The predicted molar refractivity (Wildman–Crippen MR) is 85.4 cm³/mol. The van der Waals surface area contributed by atoms with Gasteiger partial charge in [-0.3, -0.25) is 4.90 Å². The number of rotatable bonds is 4. The number of β-amino-alcohol motifs (C(OH)–C–C–N with tert-alkyl or cyclic N) is 1. The summed E-state index contributed by atoms with van der Waals surface area (Å²) in [5.41, 5.74) is 1.02. The van der Waals surface area contributed by atoms with Gasteiger partial charge in [-0.05, 0) is 22.8 Å². The van der Waals surface area contributed by atoms with E-state index in [0.717, 1.165) is 37.1 Å². The van der Waals surface area contributed by atoms with Crippen LogP contribution in [0.2, 0.25) is 0 Å². The fraction of sp³-hybridized carbons (Fsp3) is 0.444. The van der Waals surface area contributed by atoms with Gasteiger partial charge >= 0.3 is 0 Å². The van der Waals surface area contributed by atoms with Crippen LogP contribution in [-0.2, 0) is 4.74 Å². The highest BCUT2D eigenvalue weighted by molar-refractivity contribution is 5.85. The molecule has 21 heavy (non-hydrogen) atoms. The first-order valence-corrected chi connectivity index (χ1v) is 7.77. The van der Waals surface area contributed by atoms with Crippen LogP contribution in [0.4, 0.5) is 0 Å². The number of hydrogen-bond donors (Lipinski definition) is 1. The molecule has 0 aliphatic carbocycles. The molecule has 112 valence electrons. The number of morpholine rings is 1. The van der Waals surface area contributed by atoms with Gasteiger partial charge in [0.2, 0.25) is 0 Å². The van der Waals surface area contributed by atoms with E-state index in [1.54, 1.807) is 0 Å². The molecular weight excluding hydrogens is 262 g/mol. The molecule has 3 nitrogen and oxygen atoms in total. The minimum atomic E-state index is -0.455. The monoisotopic (exact) mass is 285 g/mol. The van der Waals surface area contributed by atoms with Crippen LogP contribution in [0.1, 0.15) is 25.0 Å². The van der Waals surface area contributed by atoms with Crippen LogP contribution >= 0.6 is 0 Å². The predicted octanol–water partition coefficient (Wildman–Crippen LogP) is 2.98. The summed E-state index contributed by atoms with van der Waals surface area (Å²) in [5, 5.41) is 13.0. The zero-order valence-corrected chi connectivity index (χ0v) is 12.5. The molecule has 1 aliphatic heterocycles. The lowest BCUT2D eigenvalue weighted by molar-refractivity contribution is -0.0275. The Morgan fingerprint density at radius 3 is 2.90 bits per heavy atom. The lowest BCUT2D eigenvalue weighted by atomic mass is 9.99. The highest BCUT2D eigenvalue weighted by Gasteiger charge is 2.24. The van der Waals surface area contributed by atoms with E-state index in [9.17, 15) is 5.11 Å². The number of aliphatic hydroxyl groups excluding tert-OH is 1. The fourth-order valence-corrected chi connectivity index (χ4v) is 3.17. The molecule has 0 spiro atoms. The van der Waals surface area contributed by atoms with Crippen molar-refractivity contribution in [2.45, 2.75) is 25.5 Å². The molecule has 1 N–H and O–H groups in total. The Hall–Kier alpha value is -1.42. The van der Waals surface area contributed by atoms with Crippen molar-refractivity contribution in [1.29, 1.82) is 0 Å². The smallest absolute Gasteiger partial charge is 0.0923 e. The number of aliphatic hydroxyl groups is 1. The molecular formula is C18H23NO2. The van der Waals surface area contributed by atoms with Crippen molar-refractivity contribution in [2.75, 3.05) is 26.3 Å². The third-order valence-corrected chi connectivity index (χ3v) is 4.41. The first-order chi connectivity index (χ1) is 10.3. The van der Waals surface area contributed by atoms with Crippen LogP contribution in [0, 0.1) is 0 Å². The molecule has 3 rings (SSSR count). The van der Waals surface area contributed by atoms with Crippen molar-refractivity contribution >= 4 is 10.8 Å². The highest BCUT2D eigenvalue weighted by Crippen LogP contribution is 2.26. The molecule has 0 radical (unpaired) electrons. The molecule has 2 aromatic carbocycles. The standard InChI is InChI=1S/C18H23NO2/c1-2-15-13-21-11-10-19(15)12-18(20)17-9-5-7-14-6-3-4-8-16(14)17/h3-9,15,18,20H,2,10-13H2,1H3. The fourth-order valence-electron chi connectivity index (χ4n) is 3.17. The average Bonchev–Trinajstić information content (AvgIpc) is 2.54. The van der Waals surface area contributed by atoms with Crippen LogP contribution in [0.5, 0.6) is 0 Å². The van der Waals surface area contributed by atoms with Crippen molar-refractivity contribution in [3.05, 3.63) is 48.0 Å². The van der Waals surface area contributed by atoms with Crippen molar-refractivity contribution in [3.8, 4) is 0 Å². The molecule has 1 heterocycles. The maximum Gasteiger partial charge on any atom is 0.0923 e. The van der Waals surface area contributed by atoms with Crippen LogP contribution in [0.3, 0.4) is 0 Å². The van der Waals surface area contributed by atoms with Gasteiger partial charge in [-0.25, -0.2) is 0 Å². The minimum absolute atomic E-state index is 0.420. The summed E-state index contributed by atoms with van der Waals surface area (Å²) >= 11 is 0. The zero-order chi connectivity index (χ0) is 14.7. The molecule has 2 aromatic rings. The Bertz CT molecular complexity index is 593. The maximum absolute atomic E-state index is 10.7. The minimum Gasteiger partial charge on any atom is -0.387 e. The Balaban J connectivity index is 1.82. The van der Waals surface area contributed by atoms with Gasteiger partial charge in [0, 0.05) is 19.1 Å². The Kier molecular flexibility index (Phi) is 4.54. The van der Waals surface area contributed by atoms with Crippen LogP contribution in [0.15, 0.2) is 42.5 Å². The summed E-state index contributed by atoms with van der Waals surface area (Å²) in [5.74, 6) is 0. The van der Waals surface area contributed by atoms with E-state index >= 15 is 0 Å². The average molecular weight is 285 g/mol. The van der Waals surface area contributed by atoms with Crippen LogP contribution in [-0.4, -0.2) is 42.4 Å². The lowest BCUT2D eigenvalue weighted by Gasteiger charge is -2.36. The van der Waals surface area contributed by atoms with Gasteiger partial charge in [0.05, 0.1) is 19.3 Å². The van der Waals surface area contributed by atoms with Crippen molar-refractivity contribution in [2.24, 2.45) is 0 Å². The van der Waals surface area contributed by atoms with E-state index in [0.29, 0.717) is 12.6 Å². The van der Waals surface area contributed by atoms with Gasteiger partial charge in [-0.2, -0.15) is 0 Å². The van der Waals surface area contributed by atoms with Gasteiger partial charge in [-0.1, -0.05) is 49.4 Å². The summed E-state index contributed by atoms with van der Waals surface area (Å²) in [7, 11) is 0. The molecule has 1 saturated heterocycles. The SMILES string of the molecule is CCC1COCCN1CC(O)c1cccc2ccccc12. The van der Waals surface area contributed by atoms with E-state index in [1.807, 2.05) is 24.3 Å². The molecule has 3 heteroatoms. The summed E-state index contributed by atoms with van der Waals surface area (Å²) < 4.78 is 5.54. The third kappa shape index (κ3) is 3.10. The topological polar surface area (TPSA) is 32.7 Å². The summed E-state index contributed by atoms with van der Waals surface area (Å²) in [6, 6.07) is 14.8. The summed E-state index contributed by atoms with van der Waals surface area (Å²) in [6.45, 7) is 5.30. The van der Waals surface area contributed by atoms with E-state index in [4.69, 9.17) is 4.74 Å². The van der Waals surface area contributed by atoms with Crippen molar-refractivity contribution in [3.63, 3.8) is 0 Å². The molecule has 1 aliphatic rings. The molecule has 2 unspecified atom stereocenters. The van der Waals surface area contributed by atoms with E-state index in [2.05, 4.69) is 30.0 Å². The van der Waals surface area contributed by atoms with E-state index in [-0.39, 0.29) is 0 Å². The molecule has 0 aromatic heterocycles.